The molecule has 0 radical (unpaired) electrons. The normalized spacial score (nSPS) is 27.6. The number of hydrogen-bond donors (Lipinski definition) is 0. The summed E-state index contributed by atoms with van der Waals surface area (Å²) in [7, 11) is 0. The molecule has 0 spiro atoms. The van der Waals surface area contributed by atoms with Crippen LogP contribution >= 0.6 is 23.2 Å². The minimum atomic E-state index is 0.158. The summed E-state index contributed by atoms with van der Waals surface area (Å²) in [5, 5.41) is 1.13. The van der Waals surface area contributed by atoms with Crippen molar-refractivity contribution < 1.29 is 4.79 Å². The van der Waals surface area contributed by atoms with Gasteiger partial charge in [-0.15, -0.1) is 0 Å². The molecule has 2 unspecified atom stereocenters. The Hall–Kier alpha value is -1.00. The minimum Gasteiger partial charge on any atom is -0.355 e. The summed E-state index contributed by atoms with van der Waals surface area (Å²) in [5.41, 5.74) is 0. The summed E-state index contributed by atoms with van der Waals surface area (Å²) in [6.07, 6.45) is 7.37. The maximum absolute atomic E-state index is 12.8. The van der Waals surface area contributed by atoms with E-state index in [1.807, 2.05) is 0 Å². The number of nitrogens with zero attached hydrogens (tertiary/aromatic N) is 3. The molecule has 130 valence electrons. The zero-order valence-corrected chi connectivity index (χ0v) is 15.3. The molecule has 0 N–H and O–H groups in total. The first-order chi connectivity index (χ1) is 11.6. The van der Waals surface area contributed by atoms with Gasteiger partial charge < -0.3 is 9.80 Å². The van der Waals surface area contributed by atoms with Crippen molar-refractivity contribution in [3.05, 3.63) is 22.3 Å². The number of pyridine rings is 1. The first kappa shape index (κ1) is 16.5. The van der Waals surface area contributed by atoms with Crippen LogP contribution in [0.5, 0.6) is 0 Å². The number of carbonyl (C=O) groups is 1. The molecular weight excluding hydrogens is 345 g/mol. The summed E-state index contributed by atoms with van der Waals surface area (Å²) >= 11 is 12.2. The number of amides is 1. The maximum atomic E-state index is 12.8. The van der Waals surface area contributed by atoms with Crippen LogP contribution in [0.3, 0.4) is 0 Å². The average Bonchev–Trinajstić information content (AvgIpc) is 3.16. The number of carbonyl (C=O) groups excluding carboxylic acids is 1. The zero-order chi connectivity index (χ0) is 16.7. The molecule has 0 bridgehead atoms. The Bertz CT molecular complexity index is 619. The maximum Gasteiger partial charge on any atom is 0.225 e. The number of likely N-dealkylation sites (tertiary alicyclic amines) is 1. The van der Waals surface area contributed by atoms with Crippen molar-refractivity contribution in [3.63, 3.8) is 0 Å². The molecule has 1 aromatic heterocycles. The van der Waals surface area contributed by atoms with Gasteiger partial charge in [-0.05, 0) is 43.6 Å². The first-order valence-corrected chi connectivity index (χ1v) is 9.72. The van der Waals surface area contributed by atoms with Crippen LogP contribution < -0.4 is 4.90 Å². The third kappa shape index (κ3) is 3.11. The molecule has 2 saturated heterocycles. The molecule has 24 heavy (non-hydrogen) atoms. The molecule has 4 nitrogen and oxygen atoms in total. The number of rotatable bonds is 2. The summed E-state index contributed by atoms with van der Waals surface area (Å²) in [6, 6.07) is 1.73. The van der Waals surface area contributed by atoms with Crippen LogP contribution in [-0.2, 0) is 4.79 Å². The van der Waals surface area contributed by atoms with E-state index in [1.54, 1.807) is 12.3 Å². The van der Waals surface area contributed by atoms with E-state index in [2.05, 4.69) is 14.8 Å². The summed E-state index contributed by atoms with van der Waals surface area (Å²) in [6.45, 7) is 3.64. The van der Waals surface area contributed by atoms with Crippen molar-refractivity contribution in [1.29, 1.82) is 0 Å². The van der Waals surface area contributed by atoms with Crippen molar-refractivity contribution in [3.8, 4) is 0 Å². The zero-order valence-electron chi connectivity index (χ0n) is 13.8. The van der Waals surface area contributed by atoms with Gasteiger partial charge in [0.1, 0.15) is 5.82 Å². The van der Waals surface area contributed by atoms with Crippen molar-refractivity contribution in [2.75, 3.05) is 31.1 Å². The fourth-order valence-corrected chi connectivity index (χ4v) is 5.15. The van der Waals surface area contributed by atoms with E-state index in [4.69, 9.17) is 23.2 Å². The predicted octanol–water partition coefficient (Wildman–Crippen LogP) is 3.86. The lowest BCUT2D eigenvalue weighted by Gasteiger charge is -2.34. The van der Waals surface area contributed by atoms with Crippen LogP contribution in [0.1, 0.15) is 32.1 Å². The molecule has 2 aliphatic heterocycles. The second kappa shape index (κ2) is 6.72. The molecule has 1 amide bonds. The fourth-order valence-electron chi connectivity index (χ4n) is 4.65. The van der Waals surface area contributed by atoms with Gasteiger partial charge in [0.2, 0.25) is 5.91 Å². The highest BCUT2D eigenvalue weighted by Gasteiger charge is 2.40. The fraction of sp³-hybridized carbons (Fsp3) is 0.667. The van der Waals surface area contributed by atoms with Gasteiger partial charge in [0.05, 0.1) is 10.0 Å². The van der Waals surface area contributed by atoms with Crippen molar-refractivity contribution in [2.45, 2.75) is 32.1 Å². The minimum absolute atomic E-state index is 0.158. The van der Waals surface area contributed by atoms with Gasteiger partial charge in [-0.3, -0.25) is 4.79 Å². The molecule has 6 heteroatoms. The highest BCUT2D eigenvalue weighted by Crippen LogP contribution is 2.39. The number of piperidine rings is 1. The number of fused-ring (bicyclic) bond motifs is 1. The third-order valence-corrected chi connectivity index (χ3v) is 6.45. The van der Waals surface area contributed by atoms with Gasteiger partial charge in [0, 0.05) is 38.3 Å². The first-order valence-electron chi connectivity index (χ1n) is 8.96. The van der Waals surface area contributed by atoms with E-state index in [1.165, 1.54) is 19.3 Å². The van der Waals surface area contributed by atoms with Crippen molar-refractivity contribution in [1.82, 2.24) is 9.88 Å². The second-order valence-corrected chi connectivity index (χ2v) is 8.26. The van der Waals surface area contributed by atoms with Crippen molar-refractivity contribution in [2.24, 2.45) is 17.8 Å². The van der Waals surface area contributed by atoms with Crippen molar-refractivity contribution >= 4 is 34.9 Å². The van der Waals surface area contributed by atoms with Crippen LogP contribution in [-0.4, -0.2) is 42.0 Å². The lowest BCUT2D eigenvalue weighted by atomic mass is 9.95. The van der Waals surface area contributed by atoms with Gasteiger partial charge in [-0.2, -0.15) is 0 Å². The number of halogens is 2. The predicted molar refractivity (Wildman–Crippen MR) is 96.6 cm³/mol. The molecule has 3 fully saturated rings. The molecule has 2 atom stereocenters. The topological polar surface area (TPSA) is 36.4 Å². The quantitative estimate of drug-likeness (QED) is 0.795. The van der Waals surface area contributed by atoms with E-state index in [0.29, 0.717) is 16.0 Å². The third-order valence-electron chi connectivity index (χ3n) is 5.97. The van der Waals surface area contributed by atoms with E-state index < -0.39 is 0 Å². The van der Waals surface area contributed by atoms with Gasteiger partial charge in [-0.1, -0.05) is 29.6 Å². The Morgan fingerprint density at radius 2 is 1.75 bits per heavy atom. The van der Waals surface area contributed by atoms with E-state index >= 15 is 0 Å². The molecule has 1 aliphatic carbocycles. The second-order valence-electron chi connectivity index (χ2n) is 7.41. The molecule has 4 rings (SSSR count). The molecule has 1 aromatic rings. The average molecular weight is 368 g/mol. The molecule has 3 aliphatic rings. The van der Waals surface area contributed by atoms with Gasteiger partial charge in [0.15, 0.2) is 0 Å². The summed E-state index contributed by atoms with van der Waals surface area (Å²) < 4.78 is 0. The van der Waals surface area contributed by atoms with Gasteiger partial charge >= 0.3 is 0 Å². The Balaban J connectivity index is 1.35. The highest BCUT2D eigenvalue weighted by atomic mass is 35.5. The van der Waals surface area contributed by atoms with Crippen LogP contribution in [0, 0.1) is 17.8 Å². The molecule has 3 heterocycles. The number of anilines is 1. The number of aromatic nitrogens is 1. The highest BCUT2D eigenvalue weighted by molar-refractivity contribution is 6.36. The van der Waals surface area contributed by atoms with Crippen LogP contribution in [0.2, 0.25) is 10.0 Å². The van der Waals surface area contributed by atoms with Gasteiger partial charge in [-0.25, -0.2) is 4.98 Å². The summed E-state index contributed by atoms with van der Waals surface area (Å²) in [4.78, 5) is 21.5. The largest absolute Gasteiger partial charge is 0.355 e. The SMILES string of the molecule is O=C(C1CCN(c2ncc(Cl)cc2Cl)CC1)N1CC2CCCC2C1. The Labute approximate surface area is 153 Å². The van der Waals surface area contributed by atoms with Crippen LogP contribution in [0.25, 0.3) is 0 Å². The Kier molecular flexibility index (Phi) is 4.61. The molecule has 0 aromatic carbocycles. The number of hydrogen-bond acceptors (Lipinski definition) is 3. The lowest BCUT2D eigenvalue weighted by Crippen LogP contribution is -2.42. The Morgan fingerprint density at radius 3 is 2.38 bits per heavy atom. The lowest BCUT2D eigenvalue weighted by molar-refractivity contribution is -0.135. The van der Waals surface area contributed by atoms with Crippen LogP contribution in [0.4, 0.5) is 5.82 Å². The van der Waals surface area contributed by atoms with E-state index in [9.17, 15) is 4.79 Å². The van der Waals surface area contributed by atoms with Gasteiger partial charge in [0.25, 0.3) is 0 Å². The van der Waals surface area contributed by atoms with E-state index in [0.717, 1.165) is 56.7 Å². The monoisotopic (exact) mass is 367 g/mol. The van der Waals surface area contributed by atoms with Crippen LogP contribution in [0.15, 0.2) is 12.3 Å². The standard InChI is InChI=1S/C18H23Cl2N3O/c19-15-8-16(20)17(21-9-15)22-6-4-12(5-7-22)18(24)23-10-13-2-1-3-14(13)11-23/h8-9,12-14H,1-7,10-11H2. The smallest absolute Gasteiger partial charge is 0.225 e. The van der Waals surface area contributed by atoms with E-state index in [-0.39, 0.29) is 5.92 Å². The Morgan fingerprint density at radius 1 is 1.08 bits per heavy atom. The molecular formula is C18H23Cl2N3O. The molecule has 1 saturated carbocycles. The summed E-state index contributed by atoms with van der Waals surface area (Å²) in [5.74, 6) is 2.85.